The molecular formula is C29H45N3O. The standard InChI is InChI=1S/C29H45N3O/c1-4-5-12-29(33)14-11-23-22(15-29)6-7-25-24(23)10-13-28(3)26(8-9-27(25)28)20(2)18-32-19-21(16-30)17-31-32/h17,19-20,22-27,33H,4-15,18H2,1-3H3/t20-,22+,23-,24+,25+,26+,27-,28+,29+/m0/s1. The maximum absolute atomic E-state index is 11.2. The largest absolute Gasteiger partial charge is 0.390 e. The third-order valence-corrected chi connectivity index (χ3v) is 11.1. The molecule has 4 fully saturated rings. The van der Waals surface area contributed by atoms with E-state index >= 15 is 0 Å². The molecule has 1 aromatic rings. The molecule has 9 atom stereocenters. The zero-order valence-electron chi connectivity index (χ0n) is 21.2. The van der Waals surface area contributed by atoms with Gasteiger partial charge in [0.25, 0.3) is 0 Å². The van der Waals surface area contributed by atoms with Crippen molar-refractivity contribution >= 4 is 0 Å². The topological polar surface area (TPSA) is 61.8 Å². The highest BCUT2D eigenvalue weighted by molar-refractivity contribution is 5.21. The van der Waals surface area contributed by atoms with Gasteiger partial charge in [-0.15, -0.1) is 0 Å². The summed E-state index contributed by atoms with van der Waals surface area (Å²) in [5, 5.41) is 24.8. The van der Waals surface area contributed by atoms with Gasteiger partial charge in [-0.25, -0.2) is 0 Å². The van der Waals surface area contributed by atoms with Crippen LogP contribution in [0.4, 0.5) is 0 Å². The maximum atomic E-state index is 11.2. The third-order valence-electron chi connectivity index (χ3n) is 11.1. The summed E-state index contributed by atoms with van der Waals surface area (Å²) in [5.41, 5.74) is 0.776. The molecule has 0 spiro atoms. The van der Waals surface area contributed by atoms with Crippen molar-refractivity contribution in [3.05, 3.63) is 18.0 Å². The van der Waals surface area contributed by atoms with Gasteiger partial charge in [-0.2, -0.15) is 10.4 Å². The Morgan fingerprint density at radius 3 is 2.73 bits per heavy atom. The van der Waals surface area contributed by atoms with Gasteiger partial charge in [0, 0.05) is 12.7 Å². The molecule has 1 N–H and O–H groups in total. The Labute approximate surface area is 201 Å². The van der Waals surface area contributed by atoms with Crippen molar-refractivity contribution in [3.63, 3.8) is 0 Å². The monoisotopic (exact) mass is 451 g/mol. The fourth-order valence-corrected chi connectivity index (χ4v) is 9.61. The fraction of sp³-hybridized carbons (Fsp3) is 0.862. The summed E-state index contributed by atoms with van der Waals surface area (Å²) in [4.78, 5) is 0. The molecule has 182 valence electrons. The molecule has 4 aliphatic carbocycles. The van der Waals surface area contributed by atoms with Gasteiger partial charge in [-0.1, -0.05) is 33.6 Å². The molecule has 4 heteroatoms. The second kappa shape index (κ2) is 9.03. The van der Waals surface area contributed by atoms with E-state index < -0.39 is 0 Å². The number of hydrogen-bond donors (Lipinski definition) is 1. The molecule has 33 heavy (non-hydrogen) atoms. The summed E-state index contributed by atoms with van der Waals surface area (Å²) in [6.45, 7) is 8.23. The van der Waals surface area contributed by atoms with Crippen molar-refractivity contribution < 1.29 is 5.11 Å². The second-order valence-electron chi connectivity index (χ2n) is 12.8. The summed E-state index contributed by atoms with van der Waals surface area (Å²) in [7, 11) is 0. The lowest BCUT2D eigenvalue weighted by Gasteiger charge is -2.57. The summed E-state index contributed by atoms with van der Waals surface area (Å²) in [6, 6.07) is 2.21. The Morgan fingerprint density at radius 2 is 1.97 bits per heavy atom. The van der Waals surface area contributed by atoms with Gasteiger partial charge in [0.05, 0.1) is 17.4 Å². The number of fused-ring (bicyclic) bond motifs is 5. The van der Waals surface area contributed by atoms with Crippen molar-refractivity contribution in [3.8, 4) is 6.07 Å². The van der Waals surface area contributed by atoms with Crippen molar-refractivity contribution in [2.24, 2.45) is 46.8 Å². The fourth-order valence-electron chi connectivity index (χ4n) is 9.61. The highest BCUT2D eigenvalue weighted by Gasteiger charge is 2.58. The van der Waals surface area contributed by atoms with Gasteiger partial charge in [0.1, 0.15) is 6.07 Å². The molecule has 0 amide bonds. The molecule has 1 aromatic heterocycles. The summed E-state index contributed by atoms with van der Waals surface area (Å²) in [6.07, 6.45) is 18.7. The number of rotatable bonds is 6. The first-order valence-electron chi connectivity index (χ1n) is 14.0. The van der Waals surface area contributed by atoms with Crippen LogP contribution in [-0.2, 0) is 6.54 Å². The highest BCUT2D eigenvalue weighted by Crippen LogP contribution is 2.65. The van der Waals surface area contributed by atoms with Crippen LogP contribution in [0.5, 0.6) is 0 Å². The average Bonchev–Trinajstić information content (AvgIpc) is 3.40. The van der Waals surface area contributed by atoms with Crippen LogP contribution in [0.2, 0.25) is 0 Å². The highest BCUT2D eigenvalue weighted by atomic mass is 16.3. The van der Waals surface area contributed by atoms with Crippen LogP contribution in [0.3, 0.4) is 0 Å². The van der Waals surface area contributed by atoms with Crippen molar-refractivity contribution in [2.45, 2.75) is 110 Å². The molecule has 5 rings (SSSR count). The first kappa shape index (κ1) is 23.4. The zero-order valence-corrected chi connectivity index (χ0v) is 21.2. The average molecular weight is 452 g/mol. The van der Waals surface area contributed by atoms with Gasteiger partial charge in [-0.3, -0.25) is 4.68 Å². The van der Waals surface area contributed by atoms with Gasteiger partial charge >= 0.3 is 0 Å². The lowest BCUT2D eigenvalue weighted by atomic mass is 9.48. The number of aromatic nitrogens is 2. The van der Waals surface area contributed by atoms with Crippen LogP contribution in [-0.4, -0.2) is 20.5 Å². The molecule has 1 heterocycles. The normalized spacial score (nSPS) is 43.2. The molecule has 0 aliphatic heterocycles. The van der Waals surface area contributed by atoms with Crippen molar-refractivity contribution in [2.75, 3.05) is 0 Å². The van der Waals surface area contributed by atoms with Crippen LogP contribution in [0, 0.1) is 58.2 Å². The third kappa shape index (κ3) is 4.18. The molecule has 4 saturated carbocycles. The Balaban J connectivity index is 1.26. The number of hydrogen-bond acceptors (Lipinski definition) is 3. The van der Waals surface area contributed by atoms with E-state index in [1.807, 2.05) is 10.9 Å². The SMILES string of the molecule is CCCC[C@@]1(O)CC[C@H]2[C@H](CC[C@@H]3[C@@H]2CC[C@]2(C)[C@@H]([C@@H](C)Cn4cc(C#N)cn4)CC[C@@H]32)C1. The summed E-state index contributed by atoms with van der Waals surface area (Å²) < 4.78 is 2.00. The minimum atomic E-state index is -0.362. The summed E-state index contributed by atoms with van der Waals surface area (Å²) in [5.74, 6) is 5.73. The Hall–Kier alpha value is -1.34. The van der Waals surface area contributed by atoms with Crippen LogP contribution in [0.1, 0.15) is 103 Å². The number of aliphatic hydroxyl groups is 1. The molecule has 4 aliphatic rings. The zero-order chi connectivity index (χ0) is 23.2. The predicted molar refractivity (Wildman–Crippen MR) is 131 cm³/mol. The quantitative estimate of drug-likeness (QED) is 0.531. The minimum absolute atomic E-state index is 0.362. The van der Waals surface area contributed by atoms with E-state index in [1.54, 1.807) is 6.20 Å². The first-order chi connectivity index (χ1) is 15.9. The van der Waals surface area contributed by atoms with Gasteiger partial charge in [0.2, 0.25) is 0 Å². The van der Waals surface area contributed by atoms with E-state index in [-0.39, 0.29) is 5.60 Å². The van der Waals surface area contributed by atoms with E-state index in [1.165, 1.54) is 57.8 Å². The van der Waals surface area contributed by atoms with E-state index in [2.05, 4.69) is 31.9 Å². The smallest absolute Gasteiger partial charge is 0.102 e. The molecule has 0 unspecified atom stereocenters. The van der Waals surface area contributed by atoms with Crippen LogP contribution in [0.15, 0.2) is 12.4 Å². The van der Waals surface area contributed by atoms with Crippen molar-refractivity contribution in [1.82, 2.24) is 9.78 Å². The van der Waals surface area contributed by atoms with Crippen LogP contribution in [0.25, 0.3) is 0 Å². The molecule has 0 saturated heterocycles. The Bertz CT molecular complexity index is 872. The van der Waals surface area contributed by atoms with E-state index in [0.717, 1.165) is 61.3 Å². The lowest BCUT2D eigenvalue weighted by Crippen LogP contribution is -2.51. The van der Waals surface area contributed by atoms with E-state index in [9.17, 15) is 5.11 Å². The number of nitriles is 1. The Kier molecular flexibility index (Phi) is 6.40. The van der Waals surface area contributed by atoms with Crippen LogP contribution < -0.4 is 0 Å². The first-order valence-corrected chi connectivity index (χ1v) is 14.0. The van der Waals surface area contributed by atoms with E-state index in [0.29, 0.717) is 16.9 Å². The number of unbranched alkanes of at least 4 members (excludes halogenated alkanes) is 1. The lowest BCUT2D eigenvalue weighted by molar-refractivity contribution is -0.111. The second-order valence-corrected chi connectivity index (χ2v) is 12.8. The predicted octanol–water partition coefficient (Wildman–Crippen LogP) is 6.58. The van der Waals surface area contributed by atoms with Gasteiger partial charge in [0.15, 0.2) is 0 Å². The molecular weight excluding hydrogens is 406 g/mol. The Morgan fingerprint density at radius 1 is 1.15 bits per heavy atom. The van der Waals surface area contributed by atoms with Crippen molar-refractivity contribution in [1.29, 1.82) is 5.26 Å². The van der Waals surface area contributed by atoms with Gasteiger partial charge < -0.3 is 5.11 Å². The molecule has 0 aromatic carbocycles. The molecule has 0 bridgehead atoms. The van der Waals surface area contributed by atoms with Gasteiger partial charge in [-0.05, 0) is 111 Å². The molecule has 0 radical (unpaired) electrons. The molecule has 4 nitrogen and oxygen atoms in total. The number of nitrogens with zero attached hydrogens (tertiary/aromatic N) is 3. The van der Waals surface area contributed by atoms with Crippen LogP contribution >= 0.6 is 0 Å². The van der Waals surface area contributed by atoms with E-state index in [4.69, 9.17) is 5.26 Å². The maximum Gasteiger partial charge on any atom is 0.102 e. The summed E-state index contributed by atoms with van der Waals surface area (Å²) >= 11 is 0. The minimum Gasteiger partial charge on any atom is -0.390 e.